The smallest absolute Gasteiger partial charge is 0.238 e. The Kier molecular flexibility index (Phi) is 8.75. The summed E-state index contributed by atoms with van der Waals surface area (Å²) in [4.78, 5) is 29.8. The first-order chi connectivity index (χ1) is 20.3. The van der Waals surface area contributed by atoms with Gasteiger partial charge in [0, 0.05) is 11.8 Å². The summed E-state index contributed by atoms with van der Waals surface area (Å²) in [7, 11) is 0. The number of hydrogen-bond donors (Lipinski definition) is 3. The Bertz CT molecular complexity index is 1510. The molecule has 5 atom stereocenters. The molecule has 1 heterocycles. The molecule has 5 unspecified atom stereocenters. The summed E-state index contributed by atoms with van der Waals surface area (Å²) in [6, 6.07) is 25.1. The van der Waals surface area contributed by atoms with E-state index in [2.05, 4.69) is 0 Å². The van der Waals surface area contributed by atoms with Gasteiger partial charge in [0.15, 0.2) is 0 Å². The largest absolute Gasteiger partial charge is 0.508 e. The van der Waals surface area contributed by atoms with Crippen molar-refractivity contribution in [1.29, 1.82) is 0 Å². The molecule has 2 amide bonds. The summed E-state index contributed by atoms with van der Waals surface area (Å²) in [5.74, 6) is -4.44. The van der Waals surface area contributed by atoms with Gasteiger partial charge in [0.2, 0.25) is 11.8 Å². The van der Waals surface area contributed by atoms with E-state index in [0.29, 0.717) is 22.3 Å². The van der Waals surface area contributed by atoms with Gasteiger partial charge in [-0.15, -0.1) is 0 Å². The number of aromatic hydroxyl groups is 1. The van der Waals surface area contributed by atoms with E-state index in [1.54, 1.807) is 42.5 Å². The highest BCUT2D eigenvalue weighted by Gasteiger charge is 2.51. The summed E-state index contributed by atoms with van der Waals surface area (Å²) < 4.78 is 27.4. The lowest BCUT2D eigenvalue weighted by Crippen LogP contribution is -2.54. The van der Waals surface area contributed by atoms with Crippen molar-refractivity contribution in [3.63, 3.8) is 0 Å². The highest BCUT2D eigenvalue weighted by atomic mass is 19.1. The quantitative estimate of drug-likeness (QED) is 0.222. The average Bonchev–Trinajstić information content (AvgIpc) is 3.00. The number of imide groups is 1. The van der Waals surface area contributed by atoms with Crippen LogP contribution in [-0.2, 0) is 9.59 Å². The zero-order valence-electron chi connectivity index (χ0n) is 22.7. The Morgan fingerprint density at radius 2 is 1.29 bits per heavy atom. The van der Waals surface area contributed by atoms with Crippen LogP contribution in [0.15, 0.2) is 103 Å². The number of aliphatic hydroxyl groups excluding tert-OH is 2. The lowest BCUT2D eigenvalue weighted by molar-refractivity contribution is -0.159. The van der Waals surface area contributed by atoms with Crippen LogP contribution in [0.25, 0.3) is 0 Å². The van der Waals surface area contributed by atoms with Crippen molar-refractivity contribution in [3.8, 4) is 5.75 Å². The van der Waals surface area contributed by atoms with Crippen molar-refractivity contribution in [3.05, 3.63) is 137 Å². The number of piperidine rings is 1. The second-order valence-electron chi connectivity index (χ2n) is 10.6. The highest BCUT2D eigenvalue weighted by Crippen LogP contribution is 2.48. The van der Waals surface area contributed by atoms with Crippen molar-refractivity contribution in [1.82, 2.24) is 4.90 Å². The standard InChI is InChI=1S/C34H31F2NO5/c35-25-12-6-22(7-13-25)30(40)19-18-28-31(23-10-16-27(39)17-11-23)32(24-8-14-26(36)15-9-24)34(42)37(33(28)41)29(20-38)21-4-2-1-3-5-21/h1-17,28-32,38-40H,18-20H2. The molecule has 0 aliphatic carbocycles. The molecule has 5 rings (SSSR count). The third-order valence-electron chi connectivity index (χ3n) is 8.03. The van der Waals surface area contributed by atoms with Crippen LogP contribution in [0, 0.1) is 17.6 Å². The Hall–Kier alpha value is -4.40. The Labute approximate surface area is 242 Å². The summed E-state index contributed by atoms with van der Waals surface area (Å²) in [6.07, 6.45) is -0.724. The van der Waals surface area contributed by atoms with Gasteiger partial charge in [-0.1, -0.05) is 66.7 Å². The molecule has 4 aromatic rings. The van der Waals surface area contributed by atoms with Crippen molar-refractivity contribution in [2.75, 3.05) is 6.61 Å². The number of carbonyl (C=O) groups excluding carboxylic acids is 2. The molecule has 0 bridgehead atoms. The maximum absolute atomic E-state index is 14.3. The van der Waals surface area contributed by atoms with Crippen LogP contribution in [0.2, 0.25) is 0 Å². The molecule has 0 radical (unpaired) electrons. The van der Waals surface area contributed by atoms with Crippen LogP contribution >= 0.6 is 0 Å². The second-order valence-corrected chi connectivity index (χ2v) is 10.6. The average molecular weight is 572 g/mol. The van der Waals surface area contributed by atoms with Crippen molar-refractivity contribution < 1.29 is 33.7 Å². The Morgan fingerprint density at radius 1 is 0.714 bits per heavy atom. The molecular weight excluding hydrogens is 540 g/mol. The maximum atomic E-state index is 14.3. The van der Waals surface area contributed by atoms with Gasteiger partial charge in [0.25, 0.3) is 0 Å². The van der Waals surface area contributed by atoms with E-state index in [1.807, 2.05) is 0 Å². The topological polar surface area (TPSA) is 98.1 Å². The fourth-order valence-electron chi connectivity index (χ4n) is 5.93. The Balaban J connectivity index is 1.61. The third kappa shape index (κ3) is 5.95. The van der Waals surface area contributed by atoms with Gasteiger partial charge in [-0.25, -0.2) is 8.78 Å². The minimum absolute atomic E-state index is 0.0138. The van der Waals surface area contributed by atoms with E-state index >= 15 is 0 Å². The van der Waals surface area contributed by atoms with Gasteiger partial charge in [0.1, 0.15) is 17.4 Å². The summed E-state index contributed by atoms with van der Waals surface area (Å²) in [5, 5.41) is 31.4. The number of phenols is 1. The molecule has 0 saturated carbocycles. The number of likely N-dealkylation sites (tertiary alicyclic amines) is 1. The first-order valence-corrected chi connectivity index (χ1v) is 13.8. The van der Waals surface area contributed by atoms with E-state index < -0.39 is 60.0 Å². The van der Waals surface area contributed by atoms with Gasteiger partial charge in [-0.05, 0) is 71.5 Å². The predicted molar refractivity (Wildman–Crippen MR) is 152 cm³/mol. The molecule has 1 fully saturated rings. The first kappa shape index (κ1) is 29.1. The fraction of sp³-hybridized carbons (Fsp3) is 0.235. The van der Waals surface area contributed by atoms with Crippen LogP contribution in [0.4, 0.5) is 8.78 Å². The molecule has 216 valence electrons. The lowest BCUT2D eigenvalue weighted by Gasteiger charge is -2.45. The normalized spacial score (nSPS) is 20.4. The molecule has 1 saturated heterocycles. The second kappa shape index (κ2) is 12.6. The van der Waals surface area contributed by atoms with Crippen LogP contribution in [0.3, 0.4) is 0 Å². The van der Waals surface area contributed by atoms with Gasteiger partial charge < -0.3 is 15.3 Å². The van der Waals surface area contributed by atoms with Crippen LogP contribution in [-0.4, -0.2) is 38.6 Å². The summed E-state index contributed by atoms with van der Waals surface area (Å²) >= 11 is 0. The molecule has 6 nitrogen and oxygen atoms in total. The number of aliphatic hydroxyl groups is 2. The van der Waals surface area contributed by atoms with Gasteiger partial charge >= 0.3 is 0 Å². The minimum atomic E-state index is -1.00. The number of hydrogen-bond acceptors (Lipinski definition) is 5. The maximum Gasteiger partial charge on any atom is 0.238 e. The van der Waals surface area contributed by atoms with Crippen molar-refractivity contribution in [2.24, 2.45) is 5.92 Å². The zero-order valence-corrected chi connectivity index (χ0v) is 22.7. The third-order valence-corrected chi connectivity index (χ3v) is 8.03. The molecule has 1 aliphatic heterocycles. The molecule has 42 heavy (non-hydrogen) atoms. The number of nitrogens with zero attached hydrogens (tertiary/aromatic N) is 1. The summed E-state index contributed by atoms with van der Waals surface area (Å²) in [6.45, 7) is -0.508. The molecule has 1 aliphatic rings. The molecule has 4 aromatic carbocycles. The lowest BCUT2D eigenvalue weighted by atomic mass is 9.68. The zero-order chi connectivity index (χ0) is 29.8. The monoisotopic (exact) mass is 571 g/mol. The van der Waals surface area contributed by atoms with E-state index in [1.165, 1.54) is 60.7 Å². The van der Waals surface area contributed by atoms with Gasteiger partial charge in [0.05, 0.1) is 24.7 Å². The highest BCUT2D eigenvalue weighted by molar-refractivity contribution is 6.04. The predicted octanol–water partition coefficient (Wildman–Crippen LogP) is 5.77. The molecule has 8 heteroatoms. The summed E-state index contributed by atoms with van der Waals surface area (Å²) in [5.41, 5.74) is 2.17. The van der Waals surface area contributed by atoms with Crippen LogP contribution in [0.5, 0.6) is 5.75 Å². The molecular formula is C34H31F2NO5. The minimum Gasteiger partial charge on any atom is -0.508 e. The number of amides is 2. The fourth-order valence-corrected chi connectivity index (χ4v) is 5.93. The van der Waals surface area contributed by atoms with Crippen molar-refractivity contribution >= 4 is 11.8 Å². The molecule has 0 spiro atoms. The first-order valence-electron chi connectivity index (χ1n) is 13.8. The molecule has 0 aromatic heterocycles. The van der Waals surface area contributed by atoms with E-state index in [4.69, 9.17) is 0 Å². The number of carbonyl (C=O) groups is 2. The van der Waals surface area contributed by atoms with Crippen LogP contribution in [0.1, 0.15) is 59.1 Å². The van der Waals surface area contributed by atoms with E-state index in [9.17, 15) is 33.7 Å². The van der Waals surface area contributed by atoms with Crippen LogP contribution < -0.4 is 0 Å². The van der Waals surface area contributed by atoms with Crippen molar-refractivity contribution in [2.45, 2.75) is 36.8 Å². The number of phenolic OH excluding ortho intramolecular Hbond substituents is 1. The van der Waals surface area contributed by atoms with E-state index in [-0.39, 0.29) is 18.6 Å². The van der Waals surface area contributed by atoms with E-state index in [0.717, 1.165) is 4.90 Å². The molecule has 3 N–H and O–H groups in total. The Morgan fingerprint density at radius 3 is 1.88 bits per heavy atom. The van der Waals surface area contributed by atoms with Gasteiger partial charge in [-0.3, -0.25) is 14.5 Å². The number of benzene rings is 4. The number of rotatable bonds is 9. The van der Waals surface area contributed by atoms with Gasteiger partial charge in [-0.2, -0.15) is 0 Å². The number of halogens is 2. The SMILES string of the molecule is O=C1C(CCC(O)c2ccc(F)cc2)C(c2ccc(O)cc2)C(c2ccc(F)cc2)C(=O)N1C(CO)c1ccccc1.